The van der Waals surface area contributed by atoms with Crippen LogP contribution in [0.25, 0.3) is 11.8 Å². The predicted octanol–water partition coefficient (Wildman–Crippen LogP) is 3.24. The number of carbonyl (C=O) groups is 1. The molecule has 1 N–H and O–H groups in total. The molecule has 2 aromatic heterocycles. The Morgan fingerprint density at radius 3 is 2.85 bits per heavy atom. The van der Waals surface area contributed by atoms with Gasteiger partial charge in [0.1, 0.15) is 11.4 Å². The van der Waals surface area contributed by atoms with E-state index in [1.54, 1.807) is 30.3 Å². The lowest BCUT2D eigenvalue weighted by Crippen LogP contribution is -2.04. The van der Waals surface area contributed by atoms with Crippen molar-refractivity contribution in [2.24, 2.45) is 0 Å². The zero-order valence-electron chi connectivity index (χ0n) is 14.1. The van der Waals surface area contributed by atoms with Crippen LogP contribution in [-0.4, -0.2) is 22.6 Å². The molecule has 0 bridgehead atoms. The summed E-state index contributed by atoms with van der Waals surface area (Å²) in [5, 5.41) is 2.89. The van der Waals surface area contributed by atoms with Crippen molar-refractivity contribution in [2.45, 2.75) is 0 Å². The first-order valence-corrected chi connectivity index (χ1v) is 8.05. The van der Waals surface area contributed by atoms with Gasteiger partial charge in [0.25, 0.3) is 5.91 Å². The molecular weight excluding hydrogens is 326 g/mol. The van der Waals surface area contributed by atoms with Crippen molar-refractivity contribution in [3.8, 4) is 17.6 Å². The van der Waals surface area contributed by atoms with Crippen LogP contribution in [0.4, 0.5) is 5.69 Å². The third kappa shape index (κ3) is 2.96. The van der Waals surface area contributed by atoms with Crippen LogP contribution in [0.3, 0.4) is 0 Å². The third-order valence-electron chi connectivity index (χ3n) is 4.02. The Bertz CT molecular complexity index is 1070. The highest BCUT2D eigenvalue weighted by Crippen LogP contribution is 2.35. The SMILES string of the molecule is COc1ccn(C=C2C(=O)Nc3cccc(C#Cc4ccccn4)c32)c1. The number of rotatable bonds is 2. The number of fused-ring (bicyclic) bond motifs is 1. The minimum Gasteiger partial charge on any atom is -0.495 e. The molecule has 26 heavy (non-hydrogen) atoms. The first-order chi connectivity index (χ1) is 12.7. The number of amides is 1. The summed E-state index contributed by atoms with van der Waals surface area (Å²) in [6, 6.07) is 13.1. The van der Waals surface area contributed by atoms with Gasteiger partial charge in [-0.25, -0.2) is 4.98 Å². The Morgan fingerprint density at radius 2 is 2.08 bits per heavy atom. The van der Waals surface area contributed by atoms with Crippen molar-refractivity contribution in [3.63, 3.8) is 0 Å². The van der Waals surface area contributed by atoms with Crippen molar-refractivity contribution in [1.29, 1.82) is 0 Å². The van der Waals surface area contributed by atoms with Crippen molar-refractivity contribution in [2.75, 3.05) is 12.4 Å². The molecule has 0 fully saturated rings. The fraction of sp³-hybridized carbons (Fsp3) is 0.0476. The van der Waals surface area contributed by atoms with E-state index in [4.69, 9.17) is 4.74 Å². The van der Waals surface area contributed by atoms with Gasteiger partial charge in [-0.3, -0.25) is 4.79 Å². The largest absolute Gasteiger partial charge is 0.495 e. The molecule has 0 radical (unpaired) electrons. The lowest BCUT2D eigenvalue weighted by atomic mass is 10.0. The standard InChI is InChI=1S/C21H15N3O2/c1-26-17-10-12-24(13-17)14-18-20-15(5-4-7-19(20)23-21(18)25)8-9-16-6-2-3-11-22-16/h2-7,10-14H,1H3,(H,23,25). The number of nitrogens with zero attached hydrogens (tertiary/aromatic N) is 2. The van der Waals surface area contributed by atoms with E-state index in [1.807, 2.05) is 48.7 Å². The summed E-state index contributed by atoms with van der Waals surface area (Å²) in [6.07, 6.45) is 7.12. The topological polar surface area (TPSA) is 56.1 Å². The summed E-state index contributed by atoms with van der Waals surface area (Å²) in [5.41, 5.74) is 3.57. The Kier molecular flexibility index (Phi) is 4.00. The number of anilines is 1. The number of methoxy groups -OCH3 is 1. The number of ether oxygens (including phenoxy) is 1. The smallest absolute Gasteiger partial charge is 0.257 e. The van der Waals surface area contributed by atoms with Gasteiger partial charge in [-0.1, -0.05) is 18.1 Å². The highest BCUT2D eigenvalue weighted by atomic mass is 16.5. The van der Waals surface area contributed by atoms with E-state index >= 15 is 0 Å². The molecule has 1 amide bonds. The molecule has 0 atom stereocenters. The van der Waals surface area contributed by atoms with Gasteiger partial charge in [0, 0.05) is 29.7 Å². The van der Waals surface area contributed by atoms with Crippen LogP contribution in [-0.2, 0) is 4.79 Å². The Morgan fingerprint density at radius 1 is 1.15 bits per heavy atom. The average Bonchev–Trinajstić information content (AvgIpc) is 3.26. The number of hydrogen-bond donors (Lipinski definition) is 1. The number of benzene rings is 1. The van der Waals surface area contributed by atoms with E-state index in [1.165, 1.54) is 0 Å². The fourth-order valence-electron chi connectivity index (χ4n) is 2.79. The second kappa shape index (κ2) is 6.61. The predicted molar refractivity (Wildman–Crippen MR) is 100 cm³/mol. The molecular formula is C21H15N3O2. The van der Waals surface area contributed by atoms with Gasteiger partial charge in [0.2, 0.25) is 0 Å². The zero-order chi connectivity index (χ0) is 17.9. The summed E-state index contributed by atoms with van der Waals surface area (Å²) >= 11 is 0. The van der Waals surface area contributed by atoms with E-state index < -0.39 is 0 Å². The molecule has 5 nitrogen and oxygen atoms in total. The molecule has 1 aliphatic heterocycles. The number of hydrogen-bond acceptors (Lipinski definition) is 3. The molecule has 1 aliphatic rings. The van der Waals surface area contributed by atoms with E-state index in [0.29, 0.717) is 11.3 Å². The molecule has 3 aromatic rings. The van der Waals surface area contributed by atoms with Gasteiger partial charge in [-0.15, -0.1) is 0 Å². The van der Waals surface area contributed by atoms with Crippen molar-refractivity contribution >= 4 is 23.4 Å². The summed E-state index contributed by atoms with van der Waals surface area (Å²) in [4.78, 5) is 16.7. The number of aromatic nitrogens is 2. The van der Waals surface area contributed by atoms with Gasteiger partial charge >= 0.3 is 0 Å². The molecule has 4 rings (SSSR count). The molecule has 0 unspecified atom stereocenters. The first-order valence-electron chi connectivity index (χ1n) is 8.05. The first kappa shape index (κ1) is 15.7. The zero-order valence-corrected chi connectivity index (χ0v) is 14.1. The van der Waals surface area contributed by atoms with Crippen molar-refractivity contribution in [1.82, 2.24) is 9.55 Å². The monoisotopic (exact) mass is 341 g/mol. The van der Waals surface area contributed by atoms with E-state index in [0.717, 1.165) is 22.6 Å². The molecule has 0 spiro atoms. The maximum atomic E-state index is 12.5. The average molecular weight is 341 g/mol. The lowest BCUT2D eigenvalue weighted by Gasteiger charge is -2.03. The fourth-order valence-corrected chi connectivity index (χ4v) is 2.79. The van der Waals surface area contributed by atoms with Crippen LogP contribution in [0.1, 0.15) is 16.8 Å². The maximum Gasteiger partial charge on any atom is 0.257 e. The van der Waals surface area contributed by atoms with Crippen molar-refractivity contribution < 1.29 is 9.53 Å². The highest BCUT2D eigenvalue weighted by molar-refractivity contribution is 6.34. The number of nitrogens with one attached hydrogen (secondary N) is 1. The summed E-state index contributed by atoms with van der Waals surface area (Å²) in [7, 11) is 1.61. The van der Waals surface area contributed by atoms with Crippen LogP contribution in [0.15, 0.2) is 61.1 Å². The Hall–Kier alpha value is -3.78. The Balaban J connectivity index is 1.78. The summed E-state index contributed by atoms with van der Waals surface area (Å²) in [6.45, 7) is 0. The number of pyridine rings is 1. The number of carbonyl (C=O) groups excluding carboxylic acids is 1. The summed E-state index contributed by atoms with van der Waals surface area (Å²) in [5.74, 6) is 6.76. The summed E-state index contributed by atoms with van der Waals surface area (Å²) < 4.78 is 6.98. The maximum absolute atomic E-state index is 12.5. The van der Waals surface area contributed by atoms with Crippen LogP contribution in [0.5, 0.6) is 5.75 Å². The minimum atomic E-state index is -0.153. The van der Waals surface area contributed by atoms with Crippen LogP contribution >= 0.6 is 0 Å². The molecule has 0 saturated heterocycles. The highest BCUT2D eigenvalue weighted by Gasteiger charge is 2.26. The van der Waals surface area contributed by atoms with Gasteiger partial charge in [-0.2, -0.15) is 0 Å². The molecule has 3 heterocycles. The third-order valence-corrected chi connectivity index (χ3v) is 4.02. The molecule has 0 saturated carbocycles. The Labute approximate surface area is 151 Å². The van der Waals surface area contributed by atoms with Crippen LogP contribution in [0, 0.1) is 11.8 Å². The van der Waals surface area contributed by atoms with Gasteiger partial charge in [0.05, 0.1) is 24.6 Å². The van der Waals surface area contributed by atoms with E-state index in [2.05, 4.69) is 22.1 Å². The van der Waals surface area contributed by atoms with E-state index in [9.17, 15) is 4.79 Å². The van der Waals surface area contributed by atoms with Crippen molar-refractivity contribution in [3.05, 3.63) is 77.9 Å². The quantitative estimate of drug-likeness (QED) is 0.575. The molecule has 0 aliphatic carbocycles. The van der Waals surface area contributed by atoms with Gasteiger partial charge in [-0.05, 0) is 36.3 Å². The second-order valence-electron chi connectivity index (χ2n) is 5.69. The van der Waals surface area contributed by atoms with E-state index in [-0.39, 0.29) is 5.91 Å². The van der Waals surface area contributed by atoms with Crippen LogP contribution in [0.2, 0.25) is 0 Å². The second-order valence-corrected chi connectivity index (χ2v) is 5.69. The lowest BCUT2D eigenvalue weighted by molar-refractivity contribution is -0.110. The minimum absolute atomic E-state index is 0.153. The molecule has 126 valence electrons. The molecule has 5 heteroatoms. The van der Waals surface area contributed by atoms with Gasteiger partial charge < -0.3 is 14.6 Å². The normalized spacial score (nSPS) is 13.7. The van der Waals surface area contributed by atoms with Gasteiger partial charge in [0.15, 0.2) is 0 Å². The van der Waals surface area contributed by atoms with Crippen LogP contribution < -0.4 is 10.1 Å². The molecule has 1 aromatic carbocycles.